The molecule has 2 aliphatic heterocycles. The van der Waals surface area contributed by atoms with Crippen molar-refractivity contribution in [1.82, 2.24) is 0 Å². The van der Waals surface area contributed by atoms with Gasteiger partial charge in [-0.15, -0.1) is 0 Å². The van der Waals surface area contributed by atoms with E-state index in [1.165, 1.54) is 5.57 Å². The third-order valence-corrected chi connectivity index (χ3v) is 5.92. The Morgan fingerprint density at radius 3 is 2.83 bits per heavy atom. The van der Waals surface area contributed by atoms with Gasteiger partial charge in [-0.05, 0) is 52.4 Å². The predicted octanol–water partition coefficient (Wildman–Crippen LogP) is 3.75. The molecule has 0 bridgehead atoms. The Kier molecular flexibility index (Phi) is 4.69. The zero-order valence-electron chi connectivity index (χ0n) is 15.0. The molecule has 0 aromatic carbocycles. The Hall–Kier alpha value is -1.42. The summed E-state index contributed by atoms with van der Waals surface area (Å²) in [7, 11) is 0. The van der Waals surface area contributed by atoms with Gasteiger partial charge in [0, 0.05) is 17.4 Å². The molecular formula is C20H28O4. The lowest BCUT2D eigenvalue weighted by Crippen LogP contribution is -2.33. The summed E-state index contributed by atoms with van der Waals surface area (Å²) in [5.41, 5.74) is 1.67. The third-order valence-electron chi connectivity index (χ3n) is 5.92. The Labute approximate surface area is 144 Å². The van der Waals surface area contributed by atoms with E-state index in [4.69, 9.17) is 9.47 Å². The van der Waals surface area contributed by atoms with Gasteiger partial charge < -0.3 is 9.47 Å². The molecule has 0 N–H and O–H groups in total. The zero-order chi connectivity index (χ0) is 17.5. The summed E-state index contributed by atoms with van der Waals surface area (Å²) in [5, 5.41) is 0. The van der Waals surface area contributed by atoms with Crippen molar-refractivity contribution in [1.29, 1.82) is 0 Å². The first-order valence-electron chi connectivity index (χ1n) is 9.09. The van der Waals surface area contributed by atoms with Gasteiger partial charge in [0.25, 0.3) is 0 Å². The molecule has 24 heavy (non-hydrogen) atoms. The molecular weight excluding hydrogens is 304 g/mol. The molecule has 1 aliphatic carbocycles. The highest BCUT2D eigenvalue weighted by Gasteiger charge is 2.55. The smallest absolute Gasteiger partial charge is 0.334 e. The van der Waals surface area contributed by atoms with E-state index in [-0.39, 0.29) is 29.3 Å². The van der Waals surface area contributed by atoms with Crippen LogP contribution in [0.2, 0.25) is 0 Å². The molecule has 2 fully saturated rings. The van der Waals surface area contributed by atoms with Gasteiger partial charge in [-0.25, -0.2) is 4.79 Å². The minimum Gasteiger partial charge on any atom is -0.450 e. The minimum absolute atomic E-state index is 0.0352. The molecule has 3 aliphatic rings. The van der Waals surface area contributed by atoms with Crippen LogP contribution in [0.4, 0.5) is 0 Å². The lowest BCUT2D eigenvalue weighted by Gasteiger charge is -2.20. The molecule has 0 saturated carbocycles. The van der Waals surface area contributed by atoms with E-state index in [0.29, 0.717) is 12.0 Å². The van der Waals surface area contributed by atoms with E-state index < -0.39 is 12.1 Å². The number of allylic oxidation sites excluding steroid dienone is 2. The molecule has 4 heteroatoms. The molecule has 132 valence electrons. The van der Waals surface area contributed by atoms with Gasteiger partial charge >= 0.3 is 5.97 Å². The van der Waals surface area contributed by atoms with Gasteiger partial charge in [-0.3, -0.25) is 4.79 Å². The van der Waals surface area contributed by atoms with Gasteiger partial charge in [-0.2, -0.15) is 0 Å². The predicted molar refractivity (Wildman–Crippen MR) is 91.4 cm³/mol. The fourth-order valence-corrected chi connectivity index (χ4v) is 3.99. The number of fused-ring (bicyclic) bond motifs is 2. The average molecular weight is 332 g/mol. The number of esters is 1. The highest BCUT2D eigenvalue weighted by atomic mass is 16.6. The Balaban J connectivity index is 1.81. The molecule has 0 amide bonds. The monoisotopic (exact) mass is 332 g/mol. The number of rotatable bonds is 0. The fourth-order valence-electron chi connectivity index (χ4n) is 3.99. The first kappa shape index (κ1) is 17.4. The number of ether oxygens (including phenoxy) is 2. The maximum absolute atomic E-state index is 12.8. The Morgan fingerprint density at radius 2 is 2.08 bits per heavy atom. The molecule has 5 atom stereocenters. The van der Waals surface area contributed by atoms with Gasteiger partial charge in [0.05, 0.1) is 11.7 Å². The highest BCUT2D eigenvalue weighted by molar-refractivity contribution is 5.98. The van der Waals surface area contributed by atoms with Crippen LogP contribution in [-0.2, 0) is 19.1 Å². The van der Waals surface area contributed by atoms with Gasteiger partial charge in [0.2, 0.25) is 0 Å². The lowest BCUT2D eigenvalue weighted by atomic mass is 9.82. The molecule has 2 heterocycles. The summed E-state index contributed by atoms with van der Waals surface area (Å²) in [5.74, 6) is -0.722. The summed E-state index contributed by atoms with van der Waals surface area (Å²) in [6.45, 7) is 10.1. The van der Waals surface area contributed by atoms with E-state index in [2.05, 4.69) is 26.5 Å². The largest absolute Gasteiger partial charge is 0.450 e. The van der Waals surface area contributed by atoms with Gasteiger partial charge in [-0.1, -0.05) is 25.2 Å². The van der Waals surface area contributed by atoms with Crippen LogP contribution in [0.3, 0.4) is 0 Å². The van der Waals surface area contributed by atoms with Crippen LogP contribution in [0, 0.1) is 11.8 Å². The summed E-state index contributed by atoms with van der Waals surface area (Å²) >= 11 is 0. The second-order valence-corrected chi connectivity index (χ2v) is 7.90. The van der Waals surface area contributed by atoms with Crippen molar-refractivity contribution < 1.29 is 19.1 Å². The van der Waals surface area contributed by atoms with Crippen molar-refractivity contribution in [2.45, 2.75) is 77.1 Å². The van der Waals surface area contributed by atoms with Crippen molar-refractivity contribution in [2.24, 2.45) is 11.8 Å². The van der Waals surface area contributed by atoms with Crippen LogP contribution >= 0.6 is 0 Å². The number of ketones is 1. The zero-order valence-corrected chi connectivity index (χ0v) is 15.0. The Morgan fingerprint density at radius 1 is 1.33 bits per heavy atom. The topological polar surface area (TPSA) is 55.9 Å². The number of carbonyl (C=O) groups is 2. The molecule has 0 unspecified atom stereocenters. The molecule has 3 rings (SSSR count). The van der Waals surface area contributed by atoms with Gasteiger partial charge in [0.1, 0.15) is 0 Å². The lowest BCUT2D eigenvalue weighted by molar-refractivity contribution is -0.148. The molecule has 4 nitrogen and oxygen atoms in total. The number of hydrogen-bond acceptors (Lipinski definition) is 4. The second kappa shape index (κ2) is 6.47. The quantitative estimate of drug-likeness (QED) is 0.293. The van der Waals surface area contributed by atoms with Crippen LogP contribution in [0.5, 0.6) is 0 Å². The van der Waals surface area contributed by atoms with Crippen LogP contribution in [0.25, 0.3) is 0 Å². The van der Waals surface area contributed by atoms with Crippen LogP contribution in [-0.4, -0.2) is 29.6 Å². The molecule has 0 aromatic rings. The van der Waals surface area contributed by atoms with E-state index in [1.54, 1.807) is 0 Å². The molecule has 0 spiro atoms. The highest BCUT2D eigenvalue weighted by Crippen LogP contribution is 2.47. The molecule has 0 aromatic heterocycles. The maximum atomic E-state index is 12.8. The fraction of sp³-hybridized carbons (Fsp3) is 0.700. The Bertz CT molecular complexity index is 590. The third kappa shape index (κ3) is 3.34. The number of Topliss-reactive ketones (excluding diaryl/α,β-unsaturated/α-hetero) is 1. The minimum atomic E-state index is -0.673. The second-order valence-electron chi connectivity index (χ2n) is 7.90. The van der Waals surface area contributed by atoms with E-state index in [0.717, 1.165) is 32.1 Å². The average Bonchev–Trinajstić information content (AvgIpc) is 3.08. The SMILES string of the molecule is C=C1C(=O)O[C@@H]2C(=O)[C@@H](C)CCC/C(C)=C/CC[C@]3(C)O[C@H]3C[C@H]12. The van der Waals surface area contributed by atoms with Gasteiger partial charge in [0.15, 0.2) is 11.9 Å². The maximum Gasteiger partial charge on any atom is 0.334 e. The summed E-state index contributed by atoms with van der Waals surface area (Å²) in [4.78, 5) is 24.8. The standard InChI is InChI=1S/C20H28O4/c1-12-7-5-9-13(2)17(21)18-15(14(3)19(22)23-18)11-16-20(4,24-16)10-6-8-12/h8,13,15-16,18H,3,5-7,9-11H2,1-2,4H3/b12-8+/t13-,15+,16-,18-,20-/m0/s1. The van der Waals surface area contributed by atoms with Crippen LogP contribution in [0.1, 0.15) is 59.3 Å². The van der Waals surface area contributed by atoms with Crippen molar-refractivity contribution in [3.63, 3.8) is 0 Å². The summed E-state index contributed by atoms with van der Waals surface area (Å²) in [6.07, 6.45) is 7.16. The van der Waals surface area contributed by atoms with Crippen molar-refractivity contribution in [3.8, 4) is 0 Å². The summed E-state index contributed by atoms with van der Waals surface area (Å²) in [6, 6.07) is 0. The van der Waals surface area contributed by atoms with Crippen molar-refractivity contribution in [3.05, 3.63) is 23.8 Å². The van der Waals surface area contributed by atoms with Crippen molar-refractivity contribution in [2.75, 3.05) is 0 Å². The molecule has 0 radical (unpaired) electrons. The number of hydrogen-bond donors (Lipinski definition) is 0. The van der Waals surface area contributed by atoms with E-state index in [9.17, 15) is 9.59 Å². The first-order chi connectivity index (χ1) is 11.3. The van der Waals surface area contributed by atoms with E-state index >= 15 is 0 Å². The number of epoxide rings is 1. The number of carbonyl (C=O) groups excluding carboxylic acids is 2. The van der Waals surface area contributed by atoms with Crippen LogP contribution in [0.15, 0.2) is 23.8 Å². The normalized spacial score (nSPS) is 43.1. The first-order valence-corrected chi connectivity index (χ1v) is 9.09. The van der Waals surface area contributed by atoms with Crippen LogP contribution < -0.4 is 0 Å². The van der Waals surface area contributed by atoms with E-state index in [1.807, 2.05) is 6.92 Å². The summed E-state index contributed by atoms with van der Waals surface area (Å²) < 4.78 is 11.3. The van der Waals surface area contributed by atoms with Crippen molar-refractivity contribution >= 4 is 11.8 Å². The molecule has 2 saturated heterocycles.